The highest BCUT2D eigenvalue weighted by Crippen LogP contribution is 2.16. The third-order valence-corrected chi connectivity index (χ3v) is 3.35. The van der Waals surface area contributed by atoms with Gasteiger partial charge >= 0.3 is 6.09 Å². The first-order chi connectivity index (χ1) is 9.10. The molecule has 0 aromatic carbocycles. The summed E-state index contributed by atoms with van der Waals surface area (Å²) in [6.07, 6.45) is 1.28. The highest BCUT2D eigenvalue weighted by atomic mass is 16.6. The van der Waals surface area contributed by atoms with Gasteiger partial charge < -0.3 is 19.3 Å². The van der Waals surface area contributed by atoms with Crippen molar-refractivity contribution in [3.05, 3.63) is 0 Å². The van der Waals surface area contributed by atoms with Crippen LogP contribution in [0.5, 0.6) is 0 Å². The smallest absolute Gasteiger partial charge is 0.409 e. The van der Waals surface area contributed by atoms with E-state index in [-0.39, 0.29) is 24.6 Å². The van der Waals surface area contributed by atoms with Crippen LogP contribution in [0.1, 0.15) is 26.7 Å². The van der Waals surface area contributed by atoms with Gasteiger partial charge in [0.1, 0.15) is 6.61 Å². The molecule has 110 valence electrons. The average molecular weight is 272 g/mol. The van der Waals surface area contributed by atoms with E-state index >= 15 is 0 Å². The van der Waals surface area contributed by atoms with Crippen LogP contribution >= 0.6 is 0 Å². The molecular formula is C13H24N2O4. The summed E-state index contributed by atoms with van der Waals surface area (Å²) in [6, 6.07) is 0.148. The minimum absolute atomic E-state index is 0.0269. The Morgan fingerprint density at radius 3 is 2.37 bits per heavy atom. The lowest BCUT2D eigenvalue weighted by Gasteiger charge is -2.36. The SMILES string of the molecule is CCOCC(=O)N1CCC(N(C)C(=O)OCC)CC1. The van der Waals surface area contributed by atoms with Gasteiger partial charge in [-0.05, 0) is 26.7 Å². The van der Waals surface area contributed by atoms with Crippen molar-refractivity contribution in [1.82, 2.24) is 9.80 Å². The molecule has 0 bridgehead atoms. The largest absolute Gasteiger partial charge is 0.450 e. The van der Waals surface area contributed by atoms with Crippen LogP contribution in [0, 0.1) is 0 Å². The Bertz CT molecular complexity index is 301. The number of carbonyl (C=O) groups excluding carboxylic acids is 2. The summed E-state index contributed by atoms with van der Waals surface area (Å²) in [5.74, 6) is 0.0269. The van der Waals surface area contributed by atoms with Crippen molar-refractivity contribution >= 4 is 12.0 Å². The molecule has 0 spiro atoms. The maximum absolute atomic E-state index is 11.8. The van der Waals surface area contributed by atoms with Crippen molar-refractivity contribution in [2.45, 2.75) is 32.7 Å². The van der Waals surface area contributed by atoms with Crippen LogP contribution in [0.2, 0.25) is 0 Å². The molecule has 1 heterocycles. The van der Waals surface area contributed by atoms with E-state index < -0.39 is 0 Å². The topological polar surface area (TPSA) is 59.1 Å². The van der Waals surface area contributed by atoms with E-state index in [9.17, 15) is 9.59 Å². The molecule has 0 radical (unpaired) electrons. The Hall–Kier alpha value is -1.30. The van der Waals surface area contributed by atoms with Gasteiger partial charge in [0.15, 0.2) is 0 Å². The minimum Gasteiger partial charge on any atom is -0.450 e. The van der Waals surface area contributed by atoms with Crippen LogP contribution in [0.3, 0.4) is 0 Å². The van der Waals surface area contributed by atoms with Gasteiger partial charge in [0, 0.05) is 32.8 Å². The Balaban J connectivity index is 2.35. The van der Waals surface area contributed by atoms with Crippen LogP contribution in [0.25, 0.3) is 0 Å². The van der Waals surface area contributed by atoms with Gasteiger partial charge in [-0.25, -0.2) is 4.79 Å². The molecule has 1 aliphatic heterocycles. The van der Waals surface area contributed by atoms with E-state index in [4.69, 9.17) is 9.47 Å². The Labute approximate surface area is 114 Å². The summed E-state index contributed by atoms with van der Waals surface area (Å²) < 4.78 is 10.1. The zero-order chi connectivity index (χ0) is 14.3. The number of ether oxygens (including phenoxy) is 2. The van der Waals surface area contributed by atoms with Crippen LogP contribution in [-0.4, -0.2) is 67.8 Å². The first kappa shape index (κ1) is 15.8. The minimum atomic E-state index is -0.290. The lowest BCUT2D eigenvalue weighted by atomic mass is 10.0. The number of likely N-dealkylation sites (tertiary alicyclic amines) is 1. The summed E-state index contributed by atoms with van der Waals surface area (Å²) in [4.78, 5) is 26.8. The Morgan fingerprint density at radius 2 is 1.84 bits per heavy atom. The lowest BCUT2D eigenvalue weighted by Crippen LogP contribution is -2.48. The van der Waals surface area contributed by atoms with Crippen LogP contribution in [-0.2, 0) is 14.3 Å². The first-order valence-corrected chi connectivity index (χ1v) is 6.85. The fraction of sp³-hybridized carbons (Fsp3) is 0.846. The van der Waals surface area contributed by atoms with Crippen molar-refractivity contribution < 1.29 is 19.1 Å². The third kappa shape index (κ3) is 4.70. The molecular weight excluding hydrogens is 248 g/mol. The molecule has 6 nitrogen and oxygen atoms in total. The number of amides is 2. The Morgan fingerprint density at radius 1 is 1.21 bits per heavy atom. The predicted octanol–water partition coefficient (Wildman–Crippen LogP) is 1.10. The van der Waals surface area contributed by atoms with Gasteiger partial charge in [0.05, 0.1) is 6.61 Å². The van der Waals surface area contributed by atoms with Gasteiger partial charge in [-0.3, -0.25) is 4.79 Å². The fourth-order valence-corrected chi connectivity index (χ4v) is 2.16. The molecule has 1 fully saturated rings. The van der Waals surface area contributed by atoms with Crippen molar-refractivity contribution in [1.29, 1.82) is 0 Å². The summed E-state index contributed by atoms with van der Waals surface area (Å²) in [5, 5.41) is 0. The average Bonchev–Trinajstić information content (AvgIpc) is 2.44. The van der Waals surface area contributed by atoms with Crippen LogP contribution in [0.4, 0.5) is 4.79 Å². The van der Waals surface area contributed by atoms with Crippen LogP contribution < -0.4 is 0 Å². The monoisotopic (exact) mass is 272 g/mol. The molecule has 2 amide bonds. The number of hydrogen-bond donors (Lipinski definition) is 0. The normalized spacial score (nSPS) is 16.3. The second kappa shape index (κ2) is 7.99. The summed E-state index contributed by atoms with van der Waals surface area (Å²) in [7, 11) is 1.75. The molecule has 1 saturated heterocycles. The molecule has 1 aliphatic rings. The second-order valence-corrected chi connectivity index (χ2v) is 4.56. The molecule has 0 aromatic heterocycles. The molecule has 6 heteroatoms. The van der Waals surface area contributed by atoms with Crippen molar-refractivity contribution in [2.24, 2.45) is 0 Å². The maximum Gasteiger partial charge on any atom is 0.409 e. The van der Waals surface area contributed by atoms with Gasteiger partial charge in [-0.2, -0.15) is 0 Å². The van der Waals surface area contributed by atoms with Crippen molar-refractivity contribution in [2.75, 3.05) is 40.0 Å². The van der Waals surface area contributed by atoms with E-state index in [1.165, 1.54) is 0 Å². The molecule has 19 heavy (non-hydrogen) atoms. The fourth-order valence-electron chi connectivity index (χ4n) is 2.16. The zero-order valence-electron chi connectivity index (χ0n) is 12.1. The lowest BCUT2D eigenvalue weighted by molar-refractivity contribution is -0.137. The van der Waals surface area contributed by atoms with Gasteiger partial charge in [0.2, 0.25) is 5.91 Å². The van der Waals surface area contributed by atoms with Crippen LogP contribution in [0.15, 0.2) is 0 Å². The Kier molecular flexibility index (Phi) is 6.62. The molecule has 1 rings (SSSR count). The second-order valence-electron chi connectivity index (χ2n) is 4.56. The molecule has 0 saturated carbocycles. The number of nitrogens with zero attached hydrogens (tertiary/aromatic N) is 2. The molecule has 0 N–H and O–H groups in total. The van der Waals surface area contributed by atoms with Crippen molar-refractivity contribution in [3.8, 4) is 0 Å². The predicted molar refractivity (Wildman–Crippen MR) is 70.9 cm³/mol. The van der Waals surface area contributed by atoms with E-state index in [2.05, 4.69) is 0 Å². The maximum atomic E-state index is 11.8. The van der Waals surface area contributed by atoms with Gasteiger partial charge in [-0.1, -0.05) is 0 Å². The molecule has 0 atom stereocenters. The van der Waals surface area contributed by atoms with E-state index in [0.29, 0.717) is 26.3 Å². The third-order valence-electron chi connectivity index (χ3n) is 3.35. The van der Waals surface area contributed by atoms with Gasteiger partial charge in [0.25, 0.3) is 0 Å². The van der Waals surface area contributed by atoms with E-state index in [0.717, 1.165) is 12.8 Å². The number of piperidine rings is 1. The highest BCUT2D eigenvalue weighted by molar-refractivity contribution is 5.77. The quantitative estimate of drug-likeness (QED) is 0.752. The zero-order valence-corrected chi connectivity index (χ0v) is 12.1. The first-order valence-electron chi connectivity index (χ1n) is 6.85. The van der Waals surface area contributed by atoms with E-state index in [1.54, 1.807) is 23.8 Å². The number of hydrogen-bond acceptors (Lipinski definition) is 4. The van der Waals surface area contributed by atoms with Gasteiger partial charge in [-0.15, -0.1) is 0 Å². The van der Waals surface area contributed by atoms with E-state index in [1.807, 2.05) is 6.92 Å². The summed E-state index contributed by atoms with van der Waals surface area (Å²) in [5.41, 5.74) is 0. The summed E-state index contributed by atoms with van der Waals surface area (Å²) in [6.45, 7) is 6.08. The molecule has 0 aromatic rings. The number of rotatable bonds is 5. The molecule has 0 aliphatic carbocycles. The molecule has 0 unspecified atom stereocenters. The number of carbonyl (C=O) groups is 2. The van der Waals surface area contributed by atoms with Crippen molar-refractivity contribution in [3.63, 3.8) is 0 Å². The summed E-state index contributed by atoms with van der Waals surface area (Å²) >= 11 is 0. The highest BCUT2D eigenvalue weighted by Gasteiger charge is 2.27. The standard InChI is InChI=1S/C13H24N2O4/c1-4-18-10-12(16)15-8-6-11(7-9-15)14(3)13(17)19-5-2/h11H,4-10H2,1-3H3.